The molecule has 1 fully saturated rings. The van der Waals surface area contributed by atoms with Gasteiger partial charge in [0.05, 0.1) is 24.2 Å². The van der Waals surface area contributed by atoms with Gasteiger partial charge in [0.1, 0.15) is 0 Å². The van der Waals surface area contributed by atoms with E-state index in [0.717, 1.165) is 11.6 Å². The highest BCUT2D eigenvalue weighted by Crippen LogP contribution is 2.22. The number of amides is 2. The van der Waals surface area contributed by atoms with Crippen molar-refractivity contribution in [3.63, 3.8) is 0 Å². The number of hydrogen-bond acceptors (Lipinski definition) is 5. The van der Waals surface area contributed by atoms with E-state index < -0.39 is 12.3 Å². The number of fused-ring (bicyclic) bond motifs is 1. The molecule has 0 unspecified atom stereocenters. The van der Waals surface area contributed by atoms with Crippen molar-refractivity contribution in [1.29, 1.82) is 0 Å². The monoisotopic (exact) mass is 471 g/mol. The molecule has 4 rings (SSSR count). The fourth-order valence-corrected chi connectivity index (χ4v) is 3.85. The number of alkyl halides is 2. The van der Waals surface area contributed by atoms with E-state index in [2.05, 4.69) is 15.3 Å². The van der Waals surface area contributed by atoms with Crippen molar-refractivity contribution in [2.75, 3.05) is 31.1 Å². The number of carbonyl (C=O) groups is 3. The van der Waals surface area contributed by atoms with E-state index in [1.165, 1.54) is 18.2 Å². The van der Waals surface area contributed by atoms with E-state index in [-0.39, 0.29) is 35.8 Å². The molecule has 178 valence electrons. The topological polar surface area (TPSA) is 109 Å². The summed E-state index contributed by atoms with van der Waals surface area (Å²) in [6, 6.07) is 10.6. The molecular formula is C23H23F2N5O4. The van der Waals surface area contributed by atoms with Crippen LogP contribution in [-0.2, 0) is 20.9 Å². The van der Waals surface area contributed by atoms with Gasteiger partial charge >= 0.3 is 0 Å². The predicted octanol–water partition coefficient (Wildman–Crippen LogP) is 2.15. The summed E-state index contributed by atoms with van der Waals surface area (Å²) in [6.45, 7) is 2.39. The van der Waals surface area contributed by atoms with E-state index in [0.29, 0.717) is 43.7 Å². The smallest absolute Gasteiger partial charge is 0.293 e. The summed E-state index contributed by atoms with van der Waals surface area (Å²) in [6.07, 6.45) is -2.24. The highest BCUT2D eigenvalue weighted by Gasteiger charge is 2.20. The molecule has 1 aliphatic heterocycles. The van der Waals surface area contributed by atoms with E-state index in [1.54, 1.807) is 15.5 Å². The van der Waals surface area contributed by atoms with Gasteiger partial charge in [-0.25, -0.2) is 8.78 Å². The number of carbonyl (C=O) groups excluding carboxylic acids is 3. The molecule has 1 saturated heterocycles. The first kappa shape index (κ1) is 23.3. The highest BCUT2D eigenvalue weighted by atomic mass is 19.3. The Bertz CT molecular complexity index is 1280. The van der Waals surface area contributed by atoms with Gasteiger partial charge in [-0.3, -0.25) is 14.4 Å². The maximum Gasteiger partial charge on any atom is 0.293 e. The summed E-state index contributed by atoms with van der Waals surface area (Å²) >= 11 is 0. The van der Waals surface area contributed by atoms with E-state index in [9.17, 15) is 23.2 Å². The van der Waals surface area contributed by atoms with Crippen LogP contribution in [0.15, 0.2) is 47.5 Å². The number of aryl methyl sites for hydroxylation is 1. The van der Waals surface area contributed by atoms with Crippen LogP contribution in [-0.4, -0.2) is 54.1 Å². The Labute approximate surface area is 193 Å². The van der Waals surface area contributed by atoms with Crippen LogP contribution in [0.1, 0.15) is 28.8 Å². The van der Waals surface area contributed by atoms with E-state index in [1.807, 2.05) is 12.1 Å². The molecule has 0 aliphatic carbocycles. The maximum atomic E-state index is 13.0. The first-order valence-electron chi connectivity index (χ1n) is 10.7. The zero-order chi connectivity index (χ0) is 24.1. The Morgan fingerprint density at radius 2 is 2.09 bits per heavy atom. The summed E-state index contributed by atoms with van der Waals surface area (Å²) in [5.74, 6) is -0.723. The molecule has 0 bridgehead atoms. The third-order valence-corrected chi connectivity index (χ3v) is 5.48. The molecule has 0 spiro atoms. The number of piperazine rings is 1. The third-order valence-electron chi connectivity index (χ3n) is 5.48. The van der Waals surface area contributed by atoms with E-state index in [4.69, 9.17) is 4.74 Å². The second kappa shape index (κ2) is 10.4. The number of halogens is 2. The minimum absolute atomic E-state index is 0.0411. The summed E-state index contributed by atoms with van der Waals surface area (Å²) < 4.78 is 32.6. The second-order valence-electron chi connectivity index (χ2n) is 7.69. The molecule has 0 radical (unpaired) electrons. The summed E-state index contributed by atoms with van der Waals surface area (Å²) in [4.78, 5) is 44.4. The Morgan fingerprint density at radius 3 is 2.85 bits per heavy atom. The lowest BCUT2D eigenvalue weighted by molar-refractivity contribution is -0.128. The number of aromatic nitrogens is 2. The van der Waals surface area contributed by atoms with Crippen molar-refractivity contribution in [3.05, 3.63) is 59.2 Å². The average molecular weight is 471 g/mol. The van der Waals surface area contributed by atoms with Gasteiger partial charge in [0.2, 0.25) is 11.5 Å². The van der Waals surface area contributed by atoms with Crippen LogP contribution in [0.25, 0.3) is 11.0 Å². The van der Waals surface area contributed by atoms with Gasteiger partial charge in [0.15, 0.2) is 0 Å². The zero-order valence-electron chi connectivity index (χ0n) is 18.2. The zero-order valence-corrected chi connectivity index (χ0v) is 18.2. The van der Waals surface area contributed by atoms with Crippen LogP contribution in [0.2, 0.25) is 0 Å². The number of benzene rings is 2. The quantitative estimate of drug-likeness (QED) is 0.387. The molecule has 0 atom stereocenters. The normalized spacial score (nSPS) is 14.7. The predicted molar refractivity (Wildman–Crippen MR) is 119 cm³/mol. The third kappa shape index (κ3) is 5.04. The lowest BCUT2D eigenvalue weighted by atomic mass is 10.1. The SMILES string of the molecule is O=COCCCn1/c(=N/C(=O)c2cccc(C(F)F)c2)[nH]c2cc(N3CCNCC3=O)ccc21. The van der Waals surface area contributed by atoms with Crippen molar-refractivity contribution in [2.45, 2.75) is 19.4 Å². The summed E-state index contributed by atoms with van der Waals surface area (Å²) in [5, 5.41) is 3.03. The summed E-state index contributed by atoms with van der Waals surface area (Å²) in [7, 11) is 0. The summed E-state index contributed by atoms with van der Waals surface area (Å²) in [5.41, 5.74) is 2.08. The first-order valence-corrected chi connectivity index (χ1v) is 10.7. The van der Waals surface area contributed by atoms with Crippen LogP contribution in [0.5, 0.6) is 0 Å². The largest absolute Gasteiger partial charge is 0.468 e. The minimum Gasteiger partial charge on any atom is -0.468 e. The van der Waals surface area contributed by atoms with Crippen LogP contribution in [0.4, 0.5) is 14.5 Å². The first-order chi connectivity index (χ1) is 16.5. The van der Waals surface area contributed by atoms with Crippen molar-refractivity contribution in [2.24, 2.45) is 4.99 Å². The number of ether oxygens (including phenoxy) is 1. The lowest BCUT2D eigenvalue weighted by Crippen LogP contribution is -2.48. The van der Waals surface area contributed by atoms with Crippen molar-refractivity contribution < 1.29 is 27.9 Å². The fourth-order valence-electron chi connectivity index (χ4n) is 3.85. The minimum atomic E-state index is -2.70. The molecule has 2 N–H and O–H groups in total. The number of H-pyrrole nitrogens is 1. The van der Waals surface area contributed by atoms with Crippen molar-refractivity contribution in [1.82, 2.24) is 14.9 Å². The van der Waals surface area contributed by atoms with Gasteiger partial charge in [-0.2, -0.15) is 4.99 Å². The number of aromatic amines is 1. The van der Waals surface area contributed by atoms with Gasteiger partial charge in [0, 0.05) is 36.4 Å². The molecule has 1 aromatic heterocycles. The second-order valence-corrected chi connectivity index (χ2v) is 7.69. The molecule has 9 nitrogen and oxygen atoms in total. The van der Waals surface area contributed by atoms with Crippen LogP contribution < -0.4 is 15.8 Å². The van der Waals surface area contributed by atoms with Gasteiger partial charge < -0.3 is 24.5 Å². The Kier molecular flexibility index (Phi) is 7.12. The molecule has 11 heteroatoms. The lowest BCUT2D eigenvalue weighted by Gasteiger charge is -2.27. The van der Waals surface area contributed by atoms with Gasteiger partial charge in [-0.05, 0) is 36.8 Å². The van der Waals surface area contributed by atoms with E-state index >= 15 is 0 Å². The van der Waals surface area contributed by atoms with Crippen LogP contribution in [0.3, 0.4) is 0 Å². The standard InChI is InChI=1S/C23H23F2N5O4/c24-21(25)15-3-1-4-16(11-15)22(33)28-23-27-18-12-17(29-9-7-26-13-20(29)32)5-6-19(18)30(23)8-2-10-34-14-31/h1,3-6,11-12,14,21,26H,2,7-10,13H2,(H,27,28,33). The molecule has 34 heavy (non-hydrogen) atoms. The van der Waals surface area contributed by atoms with Gasteiger partial charge in [-0.1, -0.05) is 12.1 Å². The maximum absolute atomic E-state index is 13.0. The molecule has 2 aromatic carbocycles. The number of nitrogens with one attached hydrogen (secondary N) is 2. The molecule has 1 aliphatic rings. The van der Waals surface area contributed by atoms with Crippen LogP contribution in [0, 0.1) is 0 Å². The Balaban J connectivity index is 1.73. The fraction of sp³-hybridized carbons (Fsp3) is 0.304. The van der Waals surface area contributed by atoms with Gasteiger partial charge in [0.25, 0.3) is 18.8 Å². The number of nitrogens with zero attached hydrogens (tertiary/aromatic N) is 3. The van der Waals surface area contributed by atoms with Crippen molar-refractivity contribution >= 4 is 35.0 Å². The molecule has 2 heterocycles. The van der Waals surface area contributed by atoms with Gasteiger partial charge in [-0.15, -0.1) is 0 Å². The van der Waals surface area contributed by atoms with Crippen LogP contribution >= 0.6 is 0 Å². The highest BCUT2D eigenvalue weighted by molar-refractivity contribution is 5.97. The Hall–Kier alpha value is -3.86. The molecule has 3 aromatic rings. The number of rotatable bonds is 8. The molecular weight excluding hydrogens is 448 g/mol. The molecule has 2 amide bonds. The number of imidazole rings is 1. The Morgan fingerprint density at radius 1 is 1.24 bits per heavy atom. The number of hydrogen-bond donors (Lipinski definition) is 2. The number of anilines is 1. The average Bonchev–Trinajstić information content (AvgIpc) is 3.18. The van der Waals surface area contributed by atoms with Crippen molar-refractivity contribution in [3.8, 4) is 0 Å². The molecule has 0 saturated carbocycles.